The van der Waals surface area contributed by atoms with Crippen molar-refractivity contribution >= 4 is 39.1 Å². The molecule has 0 bridgehead atoms. The van der Waals surface area contributed by atoms with Gasteiger partial charge in [-0.2, -0.15) is 0 Å². The number of carbonyl (C=O) groups is 1. The number of halogens is 2. The second kappa shape index (κ2) is 7.98. The van der Waals surface area contributed by atoms with Gasteiger partial charge in [0.05, 0.1) is 21.5 Å². The van der Waals surface area contributed by atoms with Gasteiger partial charge in [0, 0.05) is 13.6 Å². The molecule has 2 aromatic rings. The molecule has 0 fully saturated rings. The molecular formula is C16H16Cl2N2O3S. The summed E-state index contributed by atoms with van der Waals surface area (Å²) >= 11 is 11.6. The summed E-state index contributed by atoms with van der Waals surface area (Å²) in [5.41, 5.74) is 0.959. The minimum Gasteiger partial charge on any atom is -0.340 e. The summed E-state index contributed by atoms with van der Waals surface area (Å²) in [4.78, 5) is 13.5. The number of benzene rings is 2. The summed E-state index contributed by atoms with van der Waals surface area (Å²) in [7, 11) is -2.23. The molecule has 5 nitrogen and oxygen atoms in total. The topological polar surface area (TPSA) is 66.5 Å². The zero-order valence-corrected chi connectivity index (χ0v) is 15.2. The molecule has 2 aromatic carbocycles. The monoisotopic (exact) mass is 386 g/mol. The highest BCUT2D eigenvalue weighted by Crippen LogP contribution is 2.24. The maximum Gasteiger partial charge on any atom is 0.241 e. The molecule has 128 valence electrons. The second-order valence-electron chi connectivity index (χ2n) is 5.14. The molecule has 1 N–H and O–H groups in total. The molecule has 0 atom stereocenters. The first-order valence-electron chi connectivity index (χ1n) is 7.02. The van der Waals surface area contributed by atoms with Crippen molar-refractivity contribution in [1.29, 1.82) is 0 Å². The number of amides is 1. The van der Waals surface area contributed by atoms with Crippen molar-refractivity contribution in [2.45, 2.75) is 11.4 Å². The first-order chi connectivity index (χ1) is 11.3. The zero-order valence-electron chi connectivity index (χ0n) is 12.9. The van der Waals surface area contributed by atoms with Crippen LogP contribution in [0.15, 0.2) is 53.4 Å². The highest BCUT2D eigenvalue weighted by Gasteiger charge is 2.18. The van der Waals surface area contributed by atoms with Crippen LogP contribution in [0.3, 0.4) is 0 Å². The van der Waals surface area contributed by atoms with E-state index < -0.39 is 10.0 Å². The van der Waals surface area contributed by atoms with E-state index in [2.05, 4.69) is 4.72 Å². The normalized spacial score (nSPS) is 11.3. The van der Waals surface area contributed by atoms with Gasteiger partial charge in [0.2, 0.25) is 15.9 Å². The van der Waals surface area contributed by atoms with E-state index in [1.54, 1.807) is 7.05 Å². The van der Waals surface area contributed by atoms with Gasteiger partial charge in [-0.3, -0.25) is 4.79 Å². The Morgan fingerprint density at radius 3 is 2.38 bits per heavy atom. The predicted molar refractivity (Wildman–Crippen MR) is 94.6 cm³/mol. The number of sulfonamides is 1. The zero-order chi connectivity index (χ0) is 17.7. The Hall–Kier alpha value is -1.60. The maximum absolute atomic E-state index is 12.2. The van der Waals surface area contributed by atoms with E-state index in [0.29, 0.717) is 6.54 Å². The summed E-state index contributed by atoms with van der Waals surface area (Å²) in [6.45, 7) is 0.0556. The van der Waals surface area contributed by atoms with Crippen molar-refractivity contribution in [1.82, 2.24) is 9.62 Å². The van der Waals surface area contributed by atoms with E-state index in [-0.39, 0.29) is 27.4 Å². The van der Waals surface area contributed by atoms with Crippen molar-refractivity contribution in [3.8, 4) is 0 Å². The summed E-state index contributed by atoms with van der Waals surface area (Å²) in [5, 5.41) is 0.390. The average molecular weight is 387 g/mol. The Balaban J connectivity index is 1.98. The van der Waals surface area contributed by atoms with Gasteiger partial charge in [0.1, 0.15) is 0 Å². The lowest BCUT2D eigenvalue weighted by Crippen LogP contribution is -2.37. The van der Waals surface area contributed by atoms with Crippen LogP contribution in [0.1, 0.15) is 5.56 Å². The van der Waals surface area contributed by atoms with Crippen LogP contribution >= 0.6 is 23.2 Å². The van der Waals surface area contributed by atoms with Crippen LogP contribution in [0.2, 0.25) is 10.0 Å². The van der Waals surface area contributed by atoms with Crippen LogP contribution in [-0.4, -0.2) is 32.8 Å². The molecule has 8 heteroatoms. The van der Waals surface area contributed by atoms with Crippen molar-refractivity contribution in [3.63, 3.8) is 0 Å². The molecular weight excluding hydrogens is 371 g/mol. The molecule has 0 unspecified atom stereocenters. The largest absolute Gasteiger partial charge is 0.340 e. The lowest BCUT2D eigenvalue weighted by molar-refractivity contribution is -0.129. The third-order valence-electron chi connectivity index (χ3n) is 3.30. The van der Waals surface area contributed by atoms with Gasteiger partial charge >= 0.3 is 0 Å². The fourth-order valence-corrected chi connectivity index (χ4v) is 3.33. The van der Waals surface area contributed by atoms with Crippen LogP contribution in [0.4, 0.5) is 0 Å². The fourth-order valence-electron chi connectivity index (χ4n) is 1.96. The fraction of sp³-hybridized carbons (Fsp3) is 0.188. The van der Waals surface area contributed by atoms with Crippen molar-refractivity contribution < 1.29 is 13.2 Å². The molecule has 0 saturated heterocycles. The number of carbonyl (C=O) groups excluding carboxylic acids is 1. The lowest BCUT2D eigenvalue weighted by Gasteiger charge is -2.17. The number of rotatable bonds is 6. The van der Waals surface area contributed by atoms with Crippen LogP contribution in [0.25, 0.3) is 0 Å². The molecule has 0 aliphatic carbocycles. The Kier molecular flexibility index (Phi) is 6.23. The van der Waals surface area contributed by atoms with E-state index in [0.717, 1.165) is 5.56 Å². The smallest absolute Gasteiger partial charge is 0.241 e. The highest BCUT2D eigenvalue weighted by molar-refractivity contribution is 7.89. The Labute approximate surface area is 151 Å². The molecule has 0 heterocycles. The third-order valence-corrected chi connectivity index (χ3v) is 5.44. The number of nitrogens with zero attached hydrogens (tertiary/aromatic N) is 1. The van der Waals surface area contributed by atoms with Gasteiger partial charge in [-0.25, -0.2) is 13.1 Å². The molecule has 0 saturated carbocycles. The lowest BCUT2D eigenvalue weighted by atomic mass is 10.2. The Morgan fingerprint density at radius 1 is 1.08 bits per heavy atom. The number of hydrogen-bond donors (Lipinski definition) is 1. The molecule has 0 spiro atoms. The molecule has 2 rings (SSSR count). The first-order valence-corrected chi connectivity index (χ1v) is 9.26. The van der Waals surface area contributed by atoms with Crippen LogP contribution < -0.4 is 4.72 Å². The van der Waals surface area contributed by atoms with Crippen LogP contribution in [0.5, 0.6) is 0 Å². The van der Waals surface area contributed by atoms with Crippen LogP contribution in [-0.2, 0) is 21.4 Å². The minimum atomic E-state index is -3.84. The maximum atomic E-state index is 12.2. The van der Waals surface area contributed by atoms with Crippen LogP contribution in [0, 0.1) is 0 Å². The molecule has 24 heavy (non-hydrogen) atoms. The first kappa shape index (κ1) is 18.7. The standard InChI is InChI=1S/C16H16Cl2N2O3S/c1-20(11-12-5-3-2-4-6-12)16(21)10-19-24(22,23)13-7-8-14(17)15(18)9-13/h2-9,19H,10-11H2,1H3. The van der Waals surface area contributed by atoms with E-state index in [9.17, 15) is 13.2 Å². The third kappa shape index (κ3) is 4.95. The predicted octanol–water partition coefficient (Wildman–Crippen LogP) is 2.93. The SMILES string of the molecule is CN(Cc1ccccc1)C(=O)CNS(=O)(=O)c1ccc(Cl)c(Cl)c1. The Bertz CT molecular complexity index is 826. The molecule has 0 aromatic heterocycles. The molecule has 1 amide bonds. The summed E-state index contributed by atoms with van der Waals surface area (Å²) < 4.78 is 26.7. The van der Waals surface area contributed by atoms with Gasteiger partial charge in [0.15, 0.2) is 0 Å². The van der Waals surface area contributed by atoms with Gasteiger partial charge in [-0.05, 0) is 23.8 Å². The molecule has 0 aliphatic rings. The molecule has 0 radical (unpaired) electrons. The second-order valence-corrected chi connectivity index (χ2v) is 7.72. The van der Waals surface area contributed by atoms with E-state index >= 15 is 0 Å². The van der Waals surface area contributed by atoms with E-state index in [1.165, 1.54) is 23.1 Å². The molecule has 0 aliphatic heterocycles. The van der Waals surface area contributed by atoms with Crippen molar-refractivity contribution in [2.75, 3.05) is 13.6 Å². The number of likely N-dealkylation sites (N-methyl/N-ethyl adjacent to an activating group) is 1. The summed E-state index contributed by atoms with van der Waals surface area (Å²) in [6, 6.07) is 13.4. The van der Waals surface area contributed by atoms with Gasteiger partial charge in [0.25, 0.3) is 0 Å². The highest BCUT2D eigenvalue weighted by atomic mass is 35.5. The van der Waals surface area contributed by atoms with Gasteiger partial charge < -0.3 is 4.90 Å². The van der Waals surface area contributed by atoms with Gasteiger partial charge in [-0.15, -0.1) is 0 Å². The van der Waals surface area contributed by atoms with Crippen molar-refractivity contribution in [3.05, 3.63) is 64.1 Å². The van der Waals surface area contributed by atoms with Gasteiger partial charge in [-0.1, -0.05) is 53.5 Å². The average Bonchev–Trinajstić information content (AvgIpc) is 2.56. The number of hydrogen-bond acceptors (Lipinski definition) is 3. The van der Waals surface area contributed by atoms with E-state index in [4.69, 9.17) is 23.2 Å². The quantitative estimate of drug-likeness (QED) is 0.829. The Morgan fingerprint density at radius 2 is 1.75 bits per heavy atom. The van der Waals surface area contributed by atoms with Crippen molar-refractivity contribution in [2.24, 2.45) is 0 Å². The number of nitrogens with one attached hydrogen (secondary N) is 1. The summed E-state index contributed by atoms with van der Waals surface area (Å²) in [5.74, 6) is -0.345. The minimum absolute atomic E-state index is 0.0459. The van der Waals surface area contributed by atoms with E-state index in [1.807, 2.05) is 30.3 Å². The summed E-state index contributed by atoms with van der Waals surface area (Å²) in [6.07, 6.45) is 0.